The molecule has 0 saturated heterocycles. The molecule has 0 bridgehead atoms. The number of rotatable bonds is 2. The quantitative estimate of drug-likeness (QED) is 0.446. The largest absolute Gasteiger partial charge is 0.463 e. The number of azo groups is 1. The number of nitrogens with zero attached hydrogens (tertiary/aromatic N) is 4. The molecule has 1 aliphatic heterocycles. The number of hydrogen-bond acceptors (Lipinski definition) is 8. The van der Waals surface area contributed by atoms with Crippen molar-refractivity contribution in [3.05, 3.63) is 33.2 Å². The van der Waals surface area contributed by atoms with Gasteiger partial charge in [0.1, 0.15) is 11.6 Å². The van der Waals surface area contributed by atoms with Crippen molar-refractivity contribution in [2.75, 3.05) is 13.7 Å². The number of carbonyl (C=O) groups is 1. The summed E-state index contributed by atoms with van der Waals surface area (Å²) >= 11 is 0. The summed E-state index contributed by atoms with van der Waals surface area (Å²) in [5, 5.41) is 22.4. The van der Waals surface area contributed by atoms with E-state index in [-0.39, 0.29) is 12.3 Å². The highest BCUT2D eigenvalue weighted by molar-refractivity contribution is 5.91. The summed E-state index contributed by atoms with van der Waals surface area (Å²) in [6, 6.07) is 0. The van der Waals surface area contributed by atoms with Crippen molar-refractivity contribution >= 4 is 12.0 Å². The Morgan fingerprint density at radius 2 is 2.47 bits per heavy atom. The van der Waals surface area contributed by atoms with Crippen LogP contribution in [-0.4, -0.2) is 35.4 Å². The maximum atomic E-state index is 11.5. The molecule has 1 aliphatic carbocycles. The molecule has 9 nitrogen and oxygen atoms in total. The Kier molecular flexibility index (Phi) is 2.24. The third-order valence-corrected chi connectivity index (χ3v) is 3.25. The maximum absolute atomic E-state index is 11.5. The fourth-order valence-corrected chi connectivity index (χ4v) is 2.27. The first-order valence-corrected chi connectivity index (χ1v) is 5.40. The van der Waals surface area contributed by atoms with Crippen LogP contribution in [0.1, 0.15) is 27.7 Å². The average Bonchev–Trinajstić information content (AvgIpc) is 3.01. The van der Waals surface area contributed by atoms with E-state index in [1.807, 2.05) is 0 Å². The van der Waals surface area contributed by atoms with Crippen molar-refractivity contribution in [1.29, 1.82) is 0 Å². The topological polar surface area (TPSA) is 120 Å². The molecule has 0 N–H and O–H groups in total. The molecular weight excluding hydrogens is 256 g/mol. The van der Waals surface area contributed by atoms with E-state index in [4.69, 9.17) is 4.52 Å². The van der Waals surface area contributed by atoms with Crippen molar-refractivity contribution < 1.29 is 19.0 Å². The molecule has 0 spiro atoms. The van der Waals surface area contributed by atoms with E-state index in [1.54, 1.807) is 0 Å². The number of ether oxygens (including phenoxy) is 1. The Morgan fingerprint density at radius 3 is 3.16 bits per heavy atom. The zero-order valence-electron chi connectivity index (χ0n) is 9.77. The summed E-state index contributed by atoms with van der Waals surface area (Å²) in [6.07, 6.45) is 2.71. The summed E-state index contributed by atoms with van der Waals surface area (Å²) in [7, 11) is 1.21. The van der Waals surface area contributed by atoms with E-state index >= 15 is 0 Å². The van der Waals surface area contributed by atoms with Gasteiger partial charge in [-0.05, 0) is 6.08 Å². The minimum Gasteiger partial charge on any atom is -0.463 e. The lowest BCUT2D eigenvalue weighted by molar-refractivity contribution is -0.556. The summed E-state index contributed by atoms with van der Waals surface area (Å²) in [4.78, 5) is 22.2. The van der Waals surface area contributed by atoms with Gasteiger partial charge >= 0.3 is 11.6 Å². The molecule has 0 amide bonds. The van der Waals surface area contributed by atoms with Gasteiger partial charge in [0, 0.05) is 6.08 Å². The molecule has 0 aromatic carbocycles. The predicted molar refractivity (Wildman–Crippen MR) is 59.1 cm³/mol. The third kappa shape index (κ3) is 1.35. The van der Waals surface area contributed by atoms with Crippen molar-refractivity contribution in [2.24, 2.45) is 10.2 Å². The van der Waals surface area contributed by atoms with Gasteiger partial charge in [-0.1, -0.05) is 5.16 Å². The zero-order valence-corrected chi connectivity index (χ0v) is 9.77. The molecule has 0 saturated carbocycles. The minimum atomic E-state index is -1.64. The van der Waals surface area contributed by atoms with E-state index in [9.17, 15) is 14.9 Å². The summed E-state index contributed by atoms with van der Waals surface area (Å²) in [5.41, 5.74) is -0.941. The SMILES string of the molecule is COC(=O)c1onc2c1C=CC1([N+](=O)[O-])N=NCC21. The molecule has 9 heteroatoms. The van der Waals surface area contributed by atoms with E-state index in [2.05, 4.69) is 20.1 Å². The van der Waals surface area contributed by atoms with Gasteiger partial charge in [-0.15, -0.1) is 5.11 Å². The van der Waals surface area contributed by atoms with Crippen LogP contribution in [0.4, 0.5) is 0 Å². The van der Waals surface area contributed by atoms with Crippen LogP contribution < -0.4 is 0 Å². The van der Waals surface area contributed by atoms with Gasteiger partial charge in [0.15, 0.2) is 0 Å². The molecule has 1 aromatic rings. The van der Waals surface area contributed by atoms with Crippen LogP contribution in [0.25, 0.3) is 6.08 Å². The first-order chi connectivity index (χ1) is 9.10. The molecular formula is C10H8N4O5. The summed E-state index contributed by atoms with van der Waals surface area (Å²) < 4.78 is 9.48. The fourth-order valence-electron chi connectivity index (χ4n) is 2.27. The molecule has 2 heterocycles. The highest BCUT2D eigenvalue weighted by Gasteiger charge is 2.57. The number of hydrogen-bond donors (Lipinski definition) is 0. The number of aromatic nitrogens is 1. The van der Waals surface area contributed by atoms with Crippen LogP contribution in [0.3, 0.4) is 0 Å². The second kappa shape index (κ2) is 3.70. The Bertz CT molecular complexity index is 634. The molecule has 2 aliphatic rings. The highest BCUT2D eigenvalue weighted by Crippen LogP contribution is 2.44. The first kappa shape index (κ1) is 11.5. The molecule has 0 fully saturated rings. The maximum Gasteiger partial charge on any atom is 0.377 e. The van der Waals surface area contributed by atoms with Crippen LogP contribution in [0, 0.1) is 10.1 Å². The molecule has 1 aromatic heterocycles. The van der Waals surface area contributed by atoms with Gasteiger partial charge in [-0.25, -0.2) is 4.79 Å². The minimum absolute atomic E-state index is 0.0717. The van der Waals surface area contributed by atoms with Crippen LogP contribution in [-0.2, 0) is 4.74 Å². The number of carbonyl (C=O) groups excluding carboxylic acids is 1. The first-order valence-electron chi connectivity index (χ1n) is 5.40. The lowest BCUT2D eigenvalue weighted by Gasteiger charge is -2.21. The van der Waals surface area contributed by atoms with Gasteiger partial charge in [0.05, 0.1) is 24.1 Å². The van der Waals surface area contributed by atoms with Crippen LogP contribution in [0.5, 0.6) is 0 Å². The van der Waals surface area contributed by atoms with E-state index in [0.29, 0.717) is 11.3 Å². The highest BCUT2D eigenvalue weighted by atomic mass is 16.6. The smallest absolute Gasteiger partial charge is 0.377 e. The van der Waals surface area contributed by atoms with E-state index < -0.39 is 22.5 Å². The van der Waals surface area contributed by atoms with Gasteiger partial charge in [0.25, 0.3) is 5.76 Å². The molecule has 2 unspecified atom stereocenters. The lowest BCUT2D eigenvalue weighted by Crippen LogP contribution is -2.40. The Balaban J connectivity index is 2.12. The number of fused-ring (bicyclic) bond motifs is 3. The predicted octanol–water partition coefficient (Wildman–Crippen LogP) is 1.01. The summed E-state index contributed by atoms with van der Waals surface area (Å²) in [5.74, 6) is -1.42. The molecule has 19 heavy (non-hydrogen) atoms. The lowest BCUT2D eigenvalue weighted by atomic mass is 9.84. The second-order valence-corrected chi connectivity index (χ2v) is 4.15. The van der Waals surface area contributed by atoms with Crippen molar-refractivity contribution in [3.8, 4) is 0 Å². The summed E-state index contributed by atoms with van der Waals surface area (Å²) in [6.45, 7) is 0.130. The number of nitro groups is 1. The Hall–Kier alpha value is -2.58. The second-order valence-electron chi connectivity index (χ2n) is 4.15. The van der Waals surface area contributed by atoms with Crippen molar-refractivity contribution in [2.45, 2.75) is 11.6 Å². The van der Waals surface area contributed by atoms with E-state index in [0.717, 1.165) is 0 Å². The van der Waals surface area contributed by atoms with Crippen LogP contribution in [0.15, 0.2) is 20.8 Å². The molecule has 0 radical (unpaired) electrons. The van der Waals surface area contributed by atoms with Crippen LogP contribution in [0.2, 0.25) is 0 Å². The van der Waals surface area contributed by atoms with E-state index in [1.165, 1.54) is 19.3 Å². The van der Waals surface area contributed by atoms with Gasteiger partial charge < -0.3 is 9.26 Å². The Labute approximate surface area is 106 Å². The van der Waals surface area contributed by atoms with Gasteiger partial charge in [0.2, 0.25) is 0 Å². The zero-order chi connectivity index (χ0) is 13.6. The average molecular weight is 264 g/mol. The standard InChI is InChI=1S/C10H8N4O5/c1-18-9(15)8-5-2-3-10(14(16)17)6(4-11-13-10)7(5)12-19-8/h2-3,6H,4H2,1H3. The normalized spacial score (nSPS) is 26.9. The third-order valence-electron chi connectivity index (χ3n) is 3.25. The monoisotopic (exact) mass is 264 g/mol. The van der Waals surface area contributed by atoms with Gasteiger partial charge in [-0.3, -0.25) is 10.1 Å². The Morgan fingerprint density at radius 1 is 1.68 bits per heavy atom. The molecule has 2 atom stereocenters. The fraction of sp³-hybridized carbons (Fsp3) is 0.400. The number of methoxy groups -OCH3 is 1. The molecule has 98 valence electrons. The van der Waals surface area contributed by atoms with Crippen molar-refractivity contribution in [3.63, 3.8) is 0 Å². The molecule has 3 rings (SSSR count). The van der Waals surface area contributed by atoms with Crippen LogP contribution >= 0.6 is 0 Å². The van der Waals surface area contributed by atoms with Crippen molar-refractivity contribution in [1.82, 2.24) is 5.16 Å². The van der Waals surface area contributed by atoms with Gasteiger partial charge in [-0.2, -0.15) is 5.11 Å². The number of esters is 1.